The highest BCUT2D eigenvalue weighted by Crippen LogP contribution is 2.38. The monoisotopic (exact) mass is 555 g/mol. The third kappa shape index (κ3) is 6.22. The maximum absolute atomic E-state index is 11.8. The number of hydrogen-bond acceptors (Lipinski definition) is 9. The molecule has 0 atom stereocenters. The Balaban J connectivity index is 1.41. The number of pyridine rings is 1. The van der Waals surface area contributed by atoms with E-state index in [0.29, 0.717) is 64.9 Å². The fourth-order valence-corrected chi connectivity index (χ4v) is 4.61. The summed E-state index contributed by atoms with van der Waals surface area (Å²) < 4.78 is 17.7. The van der Waals surface area contributed by atoms with Crippen LogP contribution in [0.1, 0.15) is 30.8 Å². The summed E-state index contributed by atoms with van der Waals surface area (Å²) in [6, 6.07) is 14.9. The van der Waals surface area contributed by atoms with Crippen LogP contribution in [-0.4, -0.2) is 57.2 Å². The number of fused-ring (bicyclic) bond motifs is 1. The van der Waals surface area contributed by atoms with Crippen LogP contribution < -0.4 is 19.5 Å². The number of methoxy groups -OCH3 is 1. The quantitative estimate of drug-likeness (QED) is 0.269. The van der Waals surface area contributed by atoms with Gasteiger partial charge in [-0.05, 0) is 63.2 Å². The lowest BCUT2D eigenvalue weighted by Crippen LogP contribution is -2.55. The molecular formula is C31H33N5O5. The molecule has 2 N–H and O–H groups in total. The van der Waals surface area contributed by atoms with Crippen molar-refractivity contribution in [3.8, 4) is 17.2 Å². The zero-order valence-corrected chi connectivity index (χ0v) is 23.5. The number of hydrogen-bond donors (Lipinski definition) is 2. The molecule has 10 nitrogen and oxygen atoms in total. The fourth-order valence-electron chi connectivity index (χ4n) is 4.61. The van der Waals surface area contributed by atoms with Crippen molar-refractivity contribution in [2.24, 2.45) is 0 Å². The molecule has 0 aliphatic carbocycles. The van der Waals surface area contributed by atoms with Gasteiger partial charge in [-0.2, -0.15) is 0 Å². The summed E-state index contributed by atoms with van der Waals surface area (Å²) >= 11 is 0. The number of carbonyl (C=O) groups is 1. The van der Waals surface area contributed by atoms with E-state index in [4.69, 9.17) is 14.2 Å². The van der Waals surface area contributed by atoms with E-state index in [1.165, 1.54) is 12.4 Å². The first kappa shape index (κ1) is 27.9. The molecule has 0 spiro atoms. The smallest absolute Gasteiger partial charge is 0.246 e. The van der Waals surface area contributed by atoms with Crippen LogP contribution >= 0.6 is 0 Å². The van der Waals surface area contributed by atoms with Gasteiger partial charge < -0.3 is 29.5 Å². The topological polar surface area (TPSA) is 119 Å². The predicted molar refractivity (Wildman–Crippen MR) is 156 cm³/mol. The molecule has 2 aromatic heterocycles. The SMILES string of the molecule is C=CC(=O)N1CC(Oc2cc3c(Nc4ccc(OCc5cccc(C)n5)cc4C(C)(C)O)ncnc3cc2OC)C1. The molecule has 1 amide bonds. The zero-order valence-electron chi connectivity index (χ0n) is 23.5. The molecule has 4 aromatic rings. The van der Waals surface area contributed by atoms with Crippen LogP contribution in [-0.2, 0) is 17.0 Å². The van der Waals surface area contributed by atoms with Crippen molar-refractivity contribution in [3.05, 3.63) is 84.5 Å². The Bertz CT molecular complexity index is 1590. The number of rotatable bonds is 10. The average molecular weight is 556 g/mol. The Morgan fingerprint density at radius 3 is 2.68 bits per heavy atom. The summed E-state index contributed by atoms with van der Waals surface area (Å²) in [4.78, 5) is 26.9. The molecule has 1 saturated heterocycles. The van der Waals surface area contributed by atoms with Crippen molar-refractivity contribution in [1.29, 1.82) is 0 Å². The maximum atomic E-state index is 11.8. The number of aryl methyl sites for hydroxylation is 1. The van der Waals surface area contributed by atoms with E-state index in [2.05, 4.69) is 26.8 Å². The van der Waals surface area contributed by atoms with Crippen LogP contribution in [0.15, 0.2) is 67.5 Å². The minimum atomic E-state index is -1.18. The molecule has 0 saturated carbocycles. The van der Waals surface area contributed by atoms with Crippen molar-refractivity contribution in [2.45, 2.75) is 39.1 Å². The second kappa shape index (κ2) is 11.4. The molecular weight excluding hydrogens is 522 g/mol. The van der Waals surface area contributed by atoms with Crippen LogP contribution in [0.25, 0.3) is 10.9 Å². The number of ether oxygens (including phenoxy) is 3. The van der Waals surface area contributed by atoms with Gasteiger partial charge in [-0.3, -0.25) is 9.78 Å². The van der Waals surface area contributed by atoms with Crippen molar-refractivity contribution >= 4 is 28.3 Å². The zero-order chi connectivity index (χ0) is 29.1. The Labute approximate surface area is 238 Å². The van der Waals surface area contributed by atoms with Gasteiger partial charge in [0, 0.05) is 28.4 Å². The van der Waals surface area contributed by atoms with E-state index < -0.39 is 5.60 Å². The molecule has 10 heteroatoms. The number of anilines is 2. The Morgan fingerprint density at radius 2 is 1.98 bits per heavy atom. The van der Waals surface area contributed by atoms with Crippen molar-refractivity contribution in [1.82, 2.24) is 19.9 Å². The highest BCUT2D eigenvalue weighted by molar-refractivity contribution is 5.93. The second-order valence-corrected chi connectivity index (χ2v) is 10.4. The van der Waals surface area contributed by atoms with Gasteiger partial charge in [0.25, 0.3) is 0 Å². The van der Waals surface area contributed by atoms with Crippen molar-refractivity contribution < 1.29 is 24.1 Å². The van der Waals surface area contributed by atoms with Crippen molar-refractivity contribution in [2.75, 3.05) is 25.5 Å². The molecule has 41 heavy (non-hydrogen) atoms. The van der Waals surface area contributed by atoms with Gasteiger partial charge >= 0.3 is 0 Å². The lowest BCUT2D eigenvalue weighted by atomic mass is 9.96. The lowest BCUT2D eigenvalue weighted by Gasteiger charge is -2.38. The van der Waals surface area contributed by atoms with Gasteiger partial charge in [-0.25, -0.2) is 9.97 Å². The highest BCUT2D eigenvalue weighted by Gasteiger charge is 2.32. The minimum absolute atomic E-state index is 0.124. The third-order valence-corrected chi connectivity index (χ3v) is 6.78. The summed E-state index contributed by atoms with van der Waals surface area (Å²) in [5, 5.41) is 15.1. The summed E-state index contributed by atoms with van der Waals surface area (Å²) in [5.41, 5.74) is 2.50. The number of nitrogens with one attached hydrogen (secondary N) is 1. The number of carbonyl (C=O) groups excluding carboxylic acids is 1. The minimum Gasteiger partial charge on any atom is -0.493 e. The predicted octanol–water partition coefficient (Wildman–Crippen LogP) is 4.67. The van der Waals surface area contributed by atoms with E-state index >= 15 is 0 Å². The van der Waals surface area contributed by atoms with Crippen molar-refractivity contribution in [3.63, 3.8) is 0 Å². The largest absolute Gasteiger partial charge is 0.493 e. The molecule has 0 bridgehead atoms. The molecule has 1 fully saturated rings. The first-order valence-electron chi connectivity index (χ1n) is 13.2. The van der Waals surface area contributed by atoms with Gasteiger partial charge in [0.1, 0.15) is 30.6 Å². The molecule has 1 aliphatic heterocycles. The van der Waals surface area contributed by atoms with Gasteiger partial charge in [0.15, 0.2) is 11.5 Å². The number of benzene rings is 2. The molecule has 1 aliphatic rings. The normalized spacial score (nSPS) is 13.4. The Kier molecular flexibility index (Phi) is 7.76. The van der Waals surface area contributed by atoms with Gasteiger partial charge in [-0.15, -0.1) is 0 Å². The molecule has 2 aromatic carbocycles. The second-order valence-electron chi connectivity index (χ2n) is 10.4. The highest BCUT2D eigenvalue weighted by atomic mass is 16.5. The Morgan fingerprint density at radius 1 is 1.17 bits per heavy atom. The molecule has 0 unspecified atom stereocenters. The van der Waals surface area contributed by atoms with Crippen LogP contribution in [0.4, 0.5) is 11.5 Å². The first-order valence-corrected chi connectivity index (χ1v) is 13.2. The van der Waals surface area contributed by atoms with Gasteiger partial charge in [0.2, 0.25) is 5.91 Å². The molecule has 0 radical (unpaired) electrons. The third-order valence-electron chi connectivity index (χ3n) is 6.78. The summed E-state index contributed by atoms with van der Waals surface area (Å²) in [7, 11) is 1.57. The van der Waals surface area contributed by atoms with Gasteiger partial charge in [-0.1, -0.05) is 12.6 Å². The van der Waals surface area contributed by atoms with E-state index in [1.807, 2.05) is 49.4 Å². The van der Waals surface area contributed by atoms with Crippen LogP contribution in [0.5, 0.6) is 17.2 Å². The van der Waals surface area contributed by atoms with E-state index in [1.54, 1.807) is 31.9 Å². The molecule has 5 rings (SSSR count). The average Bonchev–Trinajstić information content (AvgIpc) is 2.93. The van der Waals surface area contributed by atoms with E-state index in [-0.39, 0.29) is 12.0 Å². The van der Waals surface area contributed by atoms with Crippen LogP contribution in [0, 0.1) is 6.92 Å². The summed E-state index contributed by atoms with van der Waals surface area (Å²) in [6.07, 6.45) is 2.59. The maximum Gasteiger partial charge on any atom is 0.246 e. The van der Waals surface area contributed by atoms with Crippen LogP contribution in [0.2, 0.25) is 0 Å². The number of aromatic nitrogens is 3. The number of nitrogens with zero attached hydrogens (tertiary/aromatic N) is 4. The fraction of sp³-hybridized carbons (Fsp3) is 0.290. The standard InChI is InChI=1S/C31H33N5O5/c1-6-29(37)36-15-22(16-36)41-28-13-23-26(14-27(28)39-5)32-18-33-30(23)35-25-11-10-21(12-24(25)31(3,4)38)40-17-20-9-7-8-19(2)34-20/h6-14,18,22,38H,1,15-17H2,2-5H3,(H,32,33,35). The summed E-state index contributed by atoms with van der Waals surface area (Å²) in [6.45, 7) is 10.1. The Hall–Kier alpha value is -4.70. The number of likely N-dealkylation sites (tertiary alicyclic amines) is 1. The molecule has 3 heterocycles. The first-order chi connectivity index (χ1) is 19.6. The summed E-state index contributed by atoms with van der Waals surface area (Å²) in [5.74, 6) is 2.06. The molecule has 212 valence electrons. The van der Waals surface area contributed by atoms with E-state index in [9.17, 15) is 9.90 Å². The number of aliphatic hydroxyl groups is 1. The lowest BCUT2D eigenvalue weighted by molar-refractivity contribution is -0.134. The van der Waals surface area contributed by atoms with E-state index in [0.717, 1.165) is 11.4 Å². The van der Waals surface area contributed by atoms with Crippen LogP contribution in [0.3, 0.4) is 0 Å². The van der Waals surface area contributed by atoms with Gasteiger partial charge in [0.05, 0.1) is 37.0 Å². The number of amides is 1.